The van der Waals surface area contributed by atoms with Crippen molar-refractivity contribution >= 4 is 5.97 Å². The van der Waals surface area contributed by atoms with Gasteiger partial charge in [-0.2, -0.15) is 0 Å². The van der Waals surface area contributed by atoms with E-state index in [1.807, 2.05) is 24.3 Å². The highest BCUT2D eigenvalue weighted by Crippen LogP contribution is 2.55. The first-order chi connectivity index (χ1) is 9.27. The molecule has 0 aromatic heterocycles. The molecule has 2 aromatic rings. The summed E-state index contributed by atoms with van der Waals surface area (Å²) in [6, 6.07) is 16.5. The van der Waals surface area contributed by atoms with Gasteiger partial charge in [0.05, 0.1) is 5.92 Å². The van der Waals surface area contributed by atoms with Crippen LogP contribution in [0.15, 0.2) is 48.5 Å². The van der Waals surface area contributed by atoms with Gasteiger partial charge in [-0.3, -0.25) is 4.79 Å². The fraction of sp³-hybridized carbons (Fsp3) is 0.235. The third kappa shape index (κ3) is 1.34. The monoisotopic (exact) mass is 250 g/mol. The van der Waals surface area contributed by atoms with Gasteiger partial charge < -0.3 is 5.11 Å². The molecule has 0 unspecified atom stereocenters. The van der Waals surface area contributed by atoms with Crippen LogP contribution in [0.4, 0.5) is 0 Å². The molecule has 0 radical (unpaired) electrons. The number of aliphatic carboxylic acids is 1. The van der Waals surface area contributed by atoms with Crippen LogP contribution in [0.1, 0.15) is 34.1 Å². The topological polar surface area (TPSA) is 37.3 Å². The minimum absolute atomic E-state index is 0.0312. The first kappa shape index (κ1) is 10.8. The Morgan fingerprint density at radius 3 is 2.32 bits per heavy atom. The number of carbonyl (C=O) groups is 1. The van der Waals surface area contributed by atoms with Crippen LogP contribution in [0, 0.1) is 5.92 Å². The quantitative estimate of drug-likeness (QED) is 0.844. The van der Waals surface area contributed by atoms with Gasteiger partial charge >= 0.3 is 5.97 Å². The van der Waals surface area contributed by atoms with Gasteiger partial charge in [0.25, 0.3) is 0 Å². The summed E-state index contributed by atoms with van der Waals surface area (Å²) in [6.45, 7) is 0. The van der Waals surface area contributed by atoms with Gasteiger partial charge in [-0.1, -0.05) is 48.5 Å². The second-order valence-electron chi connectivity index (χ2n) is 5.48. The number of benzene rings is 2. The second-order valence-corrected chi connectivity index (χ2v) is 5.48. The van der Waals surface area contributed by atoms with Gasteiger partial charge in [-0.25, -0.2) is 0 Å². The second kappa shape index (κ2) is 3.70. The Hall–Kier alpha value is -2.09. The molecule has 3 atom stereocenters. The highest BCUT2D eigenvalue weighted by Gasteiger charge is 2.48. The summed E-state index contributed by atoms with van der Waals surface area (Å²) >= 11 is 0. The molecule has 2 aliphatic carbocycles. The largest absolute Gasteiger partial charge is 0.481 e. The summed E-state index contributed by atoms with van der Waals surface area (Å²) < 4.78 is 0. The van der Waals surface area contributed by atoms with E-state index in [0.717, 1.165) is 6.42 Å². The lowest BCUT2D eigenvalue weighted by molar-refractivity contribution is -0.142. The van der Waals surface area contributed by atoms with Crippen molar-refractivity contribution in [1.29, 1.82) is 0 Å². The molecule has 0 saturated carbocycles. The van der Waals surface area contributed by atoms with Crippen LogP contribution >= 0.6 is 0 Å². The summed E-state index contributed by atoms with van der Waals surface area (Å²) in [5.41, 5.74) is 4.96. The first-order valence-electron chi connectivity index (χ1n) is 6.67. The van der Waals surface area contributed by atoms with Crippen molar-refractivity contribution in [1.82, 2.24) is 0 Å². The molecule has 2 nitrogen and oxygen atoms in total. The molecular weight excluding hydrogens is 236 g/mol. The van der Waals surface area contributed by atoms with Crippen LogP contribution in [0.5, 0.6) is 0 Å². The molecule has 4 rings (SSSR count). The van der Waals surface area contributed by atoms with Gasteiger partial charge in [-0.15, -0.1) is 0 Å². The molecule has 0 saturated heterocycles. The Morgan fingerprint density at radius 1 is 0.947 bits per heavy atom. The summed E-state index contributed by atoms with van der Waals surface area (Å²) in [7, 11) is 0. The number of hydrogen-bond acceptors (Lipinski definition) is 1. The van der Waals surface area contributed by atoms with Crippen molar-refractivity contribution in [2.45, 2.75) is 18.3 Å². The molecule has 0 spiro atoms. The molecule has 2 aliphatic rings. The number of carboxylic acids is 1. The van der Waals surface area contributed by atoms with E-state index in [0.29, 0.717) is 0 Å². The van der Waals surface area contributed by atoms with Crippen LogP contribution < -0.4 is 0 Å². The Kier molecular flexibility index (Phi) is 2.10. The third-order valence-electron chi connectivity index (χ3n) is 4.64. The minimum Gasteiger partial charge on any atom is -0.481 e. The Labute approximate surface area is 111 Å². The maximum Gasteiger partial charge on any atom is 0.308 e. The molecule has 19 heavy (non-hydrogen) atoms. The van der Waals surface area contributed by atoms with E-state index in [2.05, 4.69) is 24.3 Å². The molecular formula is C17H14O2. The third-order valence-corrected chi connectivity index (χ3v) is 4.64. The maximum absolute atomic E-state index is 11.7. The molecule has 2 aromatic carbocycles. The van der Waals surface area contributed by atoms with Crippen LogP contribution in [0.2, 0.25) is 0 Å². The van der Waals surface area contributed by atoms with Gasteiger partial charge in [0.1, 0.15) is 0 Å². The van der Waals surface area contributed by atoms with Crippen LogP contribution in [0.25, 0.3) is 0 Å². The van der Waals surface area contributed by atoms with E-state index in [-0.39, 0.29) is 17.8 Å². The lowest BCUT2D eigenvalue weighted by Gasteiger charge is -2.29. The standard InChI is InChI=1S/C17H14O2/c18-17(19)16-14-9-10-5-1-2-6-11(10)15(16)13-8-4-3-7-12(13)14/h1-8,14-16H,9H2,(H,18,19)/t14-,15-,16-/m1/s1. The summed E-state index contributed by atoms with van der Waals surface area (Å²) in [4.78, 5) is 11.7. The zero-order chi connectivity index (χ0) is 13.0. The lowest BCUT2D eigenvalue weighted by atomic mass is 9.73. The van der Waals surface area contributed by atoms with Gasteiger partial charge in [0.15, 0.2) is 0 Å². The van der Waals surface area contributed by atoms with Gasteiger partial charge in [0.2, 0.25) is 0 Å². The Morgan fingerprint density at radius 2 is 1.58 bits per heavy atom. The van der Waals surface area contributed by atoms with E-state index >= 15 is 0 Å². The number of rotatable bonds is 1. The van der Waals surface area contributed by atoms with Crippen molar-refractivity contribution in [2.24, 2.45) is 5.92 Å². The zero-order valence-electron chi connectivity index (χ0n) is 10.4. The molecule has 0 amide bonds. The van der Waals surface area contributed by atoms with E-state index in [1.165, 1.54) is 22.3 Å². The average molecular weight is 250 g/mol. The van der Waals surface area contributed by atoms with Crippen molar-refractivity contribution < 1.29 is 9.90 Å². The van der Waals surface area contributed by atoms with Crippen molar-refractivity contribution in [2.75, 3.05) is 0 Å². The highest BCUT2D eigenvalue weighted by molar-refractivity contribution is 5.77. The van der Waals surface area contributed by atoms with Crippen LogP contribution in [-0.2, 0) is 11.2 Å². The Bertz CT molecular complexity index is 663. The number of fused-ring (bicyclic) bond motifs is 7. The fourth-order valence-electron chi connectivity index (χ4n) is 3.92. The number of hydrogen-bond donors (Lipinski definition) is 1. The summed E-state index contributed by atoms with van der Waals surface area (Å²) in [6.07, 6.45) is 0.848. The van der Waals surface area contributed by atoms with E-state index in [1.54, 1.807) is 0 Å². The molecule has 0 heterocycles. The van der Waals surface area contributed by atoms with Crippen LogP contribution in [-0.4, -0.2) is 11.1 Å². The van der Waals surface area contributed by atoms with Crippen molar-refractivity contribution in [3.63, 3.8) is 0 Å². The van der Waals surface area contributed by atoms with E-state index in [9.17, 15) is 9.90 Å². The zero-order valence-corrected chi connectivity index (χ0v) is 10.4. The molecule has 1 N–H and O–H groups in total. The molecule has 2 bridgehead atoms. The summed E-state index contributed by atoms with van der Waals surface area (Å²) in [5.74, 6) is -0.801. The van der Waals surface area contributed by atoms with Gasteiger partial charge in [-0.05, 0) is 28.7 Å². The lowest BCUT2D eigenvalue weighted by Crippen LogP contribution is -2.28. The molecule has 2 heteroatoms. The molecule has 0 fully saturated rings. The normalized spacial score (nSPS) is 26.6. The van der Waals surface area contributed by atoms with Crippen molar-refractivity contribution in [3.8, 4) is 0 Å². The summed E-state index contributed by atoms with van der Waals surface area (Å²) in [5, 5.41) is 9.62. The smallest absolute Gasteiger partial charge is 0.308 e. The van der Waals surface area contributed by atoms with Crippen molar-refractivity contribution in [3.05, 3.63) is 70.8 Å². The predicted molar refractivity (Wildman–Crippen MR) is 72.3 cm³/mol. The molecule has 94 valence electrons. The fourth-order valence-corrected chi connectivity index (χ4v) is 3.92. The number of carboxylic acid groups (broad SMARTS) is 1. The average Bonchev–Trinajstić information content (AvgIpc) is 2.68. The predicted octanol–water partition coefficient (Wildman–Crippen LogP) is 3.17. The highest BCUT2D eigenvalue weighted by atomic mass is 16.4. The Balaban J connectivity index is 2.00. The first-order valence-corrected chi connectivity index (χ1v) is 6.67. The molecule has 0 aliphatic heterocycles. The minimum atomic E-state index is -0.666. The van der Waals surface area contributed by atoms with Crippen LogP contribution in [0.3, 0.4) is 0 Å². The maximum atomic E-state index is 11.7. The van der Waals surface area contributed by atoms with Gasteiger partial charge in [0, 0.05) is 11.8 Å². The SMILES string of the molecule is O=C(O)[C@H]1[C@@H]2c3ccccc3C[C@@H]1c1ccccc12. The van der Waals surface area contributed by atoms with E-state index < -0.39 is 5.97 Å². The van der Waals surface area contributed by atoms with E-state index in [4.69, 9.17) is 0 Å².